The number of halogens is 1. The van der Waals surface area contributed by atoms with Crippen LogP contribution in [0.5, 0.6) is 0 Å². The van der Waals surface area contributed by atoms with Gasteiger partial charge in [-0.25, -0.2) is 0 Å². The first-order valence-corrected chi connectivity index (χ1v) is 6.45. The Bertz CT molecular complexity index is 562. The minimum atomic E-state index is -0.654. The van der Waals surface area contributed by atoms with Gasteiger partial charge < -0.3 is 15.0 Å². The van der Waals surface area contributed by atoms with Crippen molar-refractivity contribution < 1.29 is 5.11 Å². The SMILES string of the molecule is OC1(Cn2ccc3cc(Cl)nnc32)CCNCC1. The van der Waals surface area contributed by atoms with E-state index in [1.165, 1.54) is 0 Å². The predicted molar refractivity (Wildman–Crippen MR) is 69.6 cm³/mol. The molecule has 0 atom stereocenters. The maximum Gasteiger partial charge on any atom is 0.162 e. The molecule has 18 heavy (non-hydrogen) atoms. The molecule has 1 fully saturated rings. The zero-order valence-corrected chi connectivity index (χ0v) is 10.7. The van der Waals surface area contributed by atoms with Crippen molar-refractivity contribution in [1.82, 2.24) is 20.1 Å². The van der Waals surface area contributed by atoms with Crippen molar-refractivity contribution >= 4 is 22.6 Å². The van der Waals surface area contributed by atoms with Crippen LogP contribution in [0.4, 0.5) is 0 Å². The molecule has 1 aliphatic heterocycles. The van der Waals surface area contributed by atoms with E-state index >= 15 is 0 Å². The molecular weight excluding hydrogens is 252 g/mol. The van der Waals surface area contributed by atoms with Gasteiger partial charge in [0.25, 0.3) is 0 Å². The molecular formula is C12H15ClN4O. The van der Waals surface area contributed by atoms with Gasteiger partial charge >= 0.3 is 0 Å². The van der Waals surface area contributed by atoms with E-state index in [0.717, 1.165) is 37.0 Å². The molecule has 0 aliphatic carbocycles. The van der Waals surface area contributed by atoms with Gasteiger partial charge in [-0.15, -0.1) is 10.2 Å². The molecule has 0 spiro atoms. The van der Waals surface area contributed by atoms with E-state index in [4.69, 9.17) is 11.6 Å². The number of hydrogen-bond donors (Lipinski definition) is 2. The lowest BCUT2D eigenvalue weighted by Crippen LogP contribution is -2.44. The van der Waals surface area contributed by atoms with E-state index in [0.29, 0.717) is 11.7 Å². The molecule has 2 N–H and O–H groups in total. The summed E-state index contributed by atoms with van der Waals surface area (Å²) in [5.41, 5.74) is 0.116. The number of nitrogens with one attached hydrogen (secondary N) is 1. The van der Waals surface area contributed by atoms with Crippen LogP contribution >= 0.6 is 11.6 Å². The molecule has 96 valence electrons. The molecule has 0 amide bonds. The third kappa shape index (κ3) is 2.21. The van der Waals surface area contributed by atoms with Gasteiger partial charge in [0.15, 0.2) is 10.8 Å². The first-order chi connectivity index (χ1) is 8.66. The molecule has 0 unspecified atom stereocenters. The Labute approximate surface area is 110 Å². The smallest absolute Gasteiger partial charge is 0.162 e. The molecule has 1 aliphatic rings. The average molecular weight is 267 g/mol. The van der Waals surface area contributed by atoms with Crippen LogP contribution in [0.15, 0.2) is 18.3 Å². The van der Waals surface area contributed by atoms with Crippen LogP contribution in [0.25, 0.3) is 11.0 Å². The highest BCUT2D eigenvalue weighted by Crippen LogP contribution is 2.23. The first kappa shape index (κ1) is 11.9. The number of rotatable bonds is 2. The summed E-state index contributed by atoms with van der Waals surface area (Å²) in [6, 6.07) is 3.73. The monoisotopic (exact) mass is 266 g/mol. The lowest BCUT2D eigenvalue weighted by atomic mass is 9.92. The quantitative estimate of drug-likeness (QED) is 0.857. The molecule has 5 nitrogen and oxygen atoms in total. The van der Waals surface area contributed by atoms with Gasteiger partial charge in [-0.3, -0.25) is 0 Å². The van der Waals surface area contributed by atoms with Gasteiger partial charge in [0, 0.05) is 11.6 Å². The van der Waals surface area contributed by atoms with E-state index in [9.17, 15) is 5.11 Å². The van der Waals surface area contributed by atoms with Crippen LogP contribution < -0.4 is 5.32 Å². The third-order valence-electron chi connectivity index (χ3n) is 3.48. The van der Waals surface area contributed by atoms with Crippen LogP contribution in [0.1, 0.15) is 12.8 Å². The summed E-state index contributed by atoms with van der Waals surface area (Å²) in [5, 5.41) is 23.1. The number of aliphatic hydroxyl groups is 1. The fourth-order valence-electron chi connectivity index (χ4n) is 2.46. The molecule has 2 aromatic rings. The zero-order chi connectivity index (χ0) is 12.6. The van der Waals surface area contributed by atoms with Crippen LogP contribution in [-0.2, 0) is 6.54 Å². The van der Waals surface area contributed by atoms with Crippen LogP contribution in [0.2, 0.25) is 5.15 Å². The highest BCUT2D eigenvalue weighted by Gasteiger charge is 2.29. The molecule has 2 aromatic heterocycles. The second-order valence-electron chi connectivity index (χ2n) is 4.86. The van der Waals surface area contributed by atoms with E-state index < -0.39 is 5.60 Å². The second-order valence-corrected chi connectivity index (χ2v) is 5.25. The van der Waals surface area contributed by atoms with Gasteiger partial charge in [-0.2, -0.15) is 0 Å². The van der Waals surface area contributed by atoms with Gasteiger partial charge in [0.1, 0.15) is 0 Å². The van der Waals surface area contributed by atoms with Crippen LogP contribution in [-0.4, -0.2) is 38.6 Å². The Morgan fingerprint density at radius 2 is 2.17 bits per heavy atom. The van der Waals surface area contributed by atoms with E-state index in [1.54, 1.807) is 6.07 Å². The topological polar surface area (TPSA) is 63.0 Å². The fraction of sp³-hybridized carbons (Fsp3) is 0.500. The first-order valence-electron chi connectivity index (χ1n) is 6.07. The Balaban J connectivity index is 1.90. The number of piperidine rings is 1. The number of nitrogens with zero attached hydrogens (tertiary/aromatic N) is 3. The highest BCUT2D eigenvalue weighted by molar-refractivity contribution is 6.29. The molecule has 0 radical (unpaired) electrons. The van der Waals surface area contributed by atoms with Crippen molar-refractivity contribution in [3.05, 3.63) is 23.5 Å². The molecule has 6 heteroatoms. The molecule has 1 saturated heterocycles. The Hall–Kier alpha value is -1.17. The van der Waals surface area contributed by atoms with Gasteiger partial charge in [-0.1, -0.05) is 11.6 Å². The highest BCUT2D eigenvalue weighted by atomic mass is 35.5. The van der Waals surface area contributed by atoms with E-state index in [2.05, 4.69) is 15.5 Å². The number of aromatic nitrogens is 3. The van der Waals surface area contributed by atoms with Crippen molar-refractivity contribution in [1.29, 1.82) is 0 Å². The minimum Gasteiger partial charge on any atom is -0.388 e. The average Bonchev–Trinajstić information content (AvgIpc) is 2.72. The standard InChI is InChI=1S/C12H15ClN4O/c13-10-7-9-1-6-17(11(9)16-15-10)8-12(18)2-4-14-5-3-12/h1,6-7,14,18H,2-5,8H2. The number of fused-ring (bicyclic) bond motifs is 1. The summed E-state index contributed by atoms with van der Waals surface area (Å²) >= 11 is 5.81. The van der Waals surface area contributed by atoms with Crippen molar-refractivity contribution in [3.63, 3.8) is 0 Å². The lowest BCUT2D eigenvalue weighted by Gasteiger charge is -2.32. The normalized spacial score (nSPS) is 19.2. The number of hydrogen-bond acceptors (Lipinski definition) is 4. The molecule has 3 heterocycles. The summed E-state index contributed by atoms with van der Waals surface area (Å²) in [7, 11) is 0. The Morgan fingerprint density at radius 3 is 2.94 bits per heavy atom. The molecule has 3 rings (SSSR count). The summed E-state index contributed by atoms with van der Waals surface area (Å²) < 4.78 is 1.95. The molecule has 0 bridgehead atoms. The minimum absolute atomic E-state index is 0.390. The van der Waals surface area contributed by atoms with Gasteiger partial charge in [0.05, 0.1) is 12.1 Å². The lowest BCUT2D eigenvalue weighted by molar-refractivity contribution is -0.00445. The van der Waals surface area contributed by atoms with Crippen molar-refractivity contribution in [2.75, 3.05) is 13.1 Å². The maximum atomic E-state index is 10.5. The predicted octanol–water partition coefficient (Wildman–Crippen LogP) is 1.20. The van der Waals surface area contributed by atoms with Gasteiger partial charge in [-0.05, 0) is 38.1 Å². The molecule has 0 saturated carbocycles. The summed E-state index contributed by atoms with van der Waals surface area (Å²) in [4.78, 5) is 0. The maximum absolute atomic E-state index is 10.5. The Morgan fingerprint density at radius 1 is 1.39 bits per heavy atom. The van der Waals surface area contributed by atoms with Crippen molar-refractivity contribution in [2.45, 2.75) is 25.0 Å². The van der Waals surface area contributed by atoms with Crippen LogP contribution in [0, 0.1) is 0 Å². The van der Waals surface area contributed by atoms with Crippen molar-refractivity contribution in [2.24, 2.45) is 0 Å². The van der Waals surface area contributed by atoms with Crippen molar-refractivity contribution in [3.8, 4) is 0 Å². The summed E-state index contributed by atoms with van der Waals surface area (Å²) in [6.07, 6.45) is 3.44. The zero-order valence-electron chi connectivity index (χ0n) is 9.93. The third-order valence-corrected chi connectivity index (χ3v) is 3.66. The van der Waals surface area contributed by atoms with E-state index in [1.807, 2.05) is 16.8 Å². The van der Waals surface area contributed by atoms with Crippen LogP contribution in [0.3, 0.4) is 0 Å². The Kier molecular flexibility index (Phi) is 2.97. The van der Waals surface area contributed by atoms with E-state index in [-0.39, 0.29) is 0 Å². The fourth-order valence-corrected chi connectivity index (χ4v) is 2.61. The summed E-state index contributed by atoms with van der Waals surface area (Å²) in [6.45, 7) is 2.26. The molecule has 0 aromatic carbocycles. The van der Waals surface area contributed by atoms with Gasteiger partial charge in [0.2, 0.25) is 0 Å². The largest absolute Gasteiger partial charge is 0.388 e. The second kappa shape index (κ2) is 4.50. The summed E-state index contributed by atoms with van der Waals surface area (Å²) in [5.74, 6) is 0.